The molecule has 0 radical (unpaired) electrons. The lowest BCUT2D eigenvalue weighted by molar-refractivity contribution is -0.132. The monoisotopic (exact) mass is 310 g/mol. The second-order valence-electron chi connectivity index (χ2n) is 6.61. The summed E-state index contributed by atoms with van der Waals surface area (Å²) in [6.45, 7) is 5.83. The molecule has 0 rings (SSSR count). The van der Waals surface area contributed by atoms with E-state index in [2.05, 4.69) is 13.5 Å². The minimum Gasteiger partial charge on any atom is -0.478 e. The molecule has 0 bridgehead atoms. The Bertz CT molecular complexity index is 271. The molecule has 0 atom stereocenters. The second-order valence-corrected chi connectivity index (χ2v) is 6.61. The van der Waals surface area contributed by atoms with Gasteiger partial charge in [0.25, 0.3) is 0 Å². The zero-order valence-electron chi connectivity index (χ0n) is 14.9. The normalized spacial score (nSPS) is 10.8. The number of hydrogen-bond acceptors (Lipinski definition) is 1. The largest absolute Gasteiger partial charge is 0.478 e. The van der Waals surface area contributed by atoms with Crippen LogP contribution in [-0.2, 0) is 4.79 Å². The summed E-state index contributed by atoms with van der Waals surface area (Å²) in [6.07, 6.45) is 20.7. The number of unbranched alkanes of at least 4 members (excludes halogenated alkanes) is 14. The van der Waals surface area contributed by atoms with Gasteiger partial charge in [0.05, 0.1) is 0 Å². The quantitative estimate of drug-likeness (QED) is 0.234. The Kier molecular flexibility index (Phi) is 16.0. The van der Waals surface area contributed by atoms with E-state index in [1.165, 1.54) is 83.5 Å². The van der Waals surface area contributed by atoms with Crippen LogP contribution < -0.4 is 0 Å². The minimum absolute atomic E-state index is 0.356. The van der Waals surface area contributed by atoms with E-state index in [9.17, 15) is 4.79 Å². The van der Waals surface area contributed by atoms with Gasteiger partial charge in [0.15, 0.2) is 0 Å². The third kappa shape index (κ3) is 15.6. The molecule has 1 N–H and O–H groups in total. The van der Waals surface area contributed by atoms with E-state index in [0.717, 1.165) is 12.8 Å². The van der Waals surface area contributed by atoms with Crippen LogP contribution in [0.15, 0.2) is 12.2 Å². The summed E-state index contributed by atoms with van der Waals surface area (Å²) >= 11 is 0. The van der Waals surface area contributed by atoms with Crippen molar-refractivity contribution in [2.24, 2.45) is 0 Å². The van der Waals surface area contributed by atoms with Crippen LogP contribution >= 0.6 is 0 Å². The van der Waals surface area contributed by atoms with E-state index in [0.29, 0.717) is 12.0 Å². The van der Waals surface area contributed by atoms with Gasteiger partial charge >= 0.3 is 5.97 Å². The molecular formula is C20H38O2. The van der Waals surface area contributed by atoms with E-state index in [1.807, 2.05) is 0 Å². The summed E-state index contributed by atoms with van der Waals surface area (Å²) in [5.74, 6) is -0.842. The van der Waals surface area contributed by atoms with Gasteiger partial charge in [0.2, 0.25) is 0 Å². The fraction of sp³-hybridized carbons (Fsp3) is 0.850. The number of carbonyl (C=O) groups is 1. The molecule has 0 aromatic carbocycles. The average molecular weight is 311 g/mol. The number of hydrogen-bond donors (Lipinski definition) is 1. The van der Waals surface area contributed by atoms with Crippen molar-refractivity contribution in [2.45, 2.75) is 110 Å². The molecule has 0 aliphatic heterocycles. The van der Waals surface area contributed by atoms with Gasteiger partial charge < -0.3 is 5.11 Å². The van der Waals surface area contributed by atoms with Crippen LogP contribution in [0.4, 0.5) is 0 Å². The van der Waals surface area contributed by atoms with E-state index >= 15 is 0 Å². The first-order valence-electron chi connectivity index (χ1n) is 9.59. The summed E-state index contributed by atoms with van der Waals surface area (Å²) in [5.41, 5.74) is 0.356. The Morgan fingerprint density at radius 3 is 1.32 bits per heavy atom. The van der Waals surface area contributed by atoms with Gasteiger partial charge in [0.1, 0.15) is 0 Å². The van der Waals surface area contributed by atoms with Crippen molar-refractivity contribution in [3.63, 3.8) is 0 Å². The fourth-order valence-electron chi connectivity index (χ4n) is 2.82. The molecule has 0 aromatic rings. The molecule has 0 heterocycles. The number of carboxylic acid groups (broad SMARTS) is 1. The maximum Gasteiger partial charge on any atom is 0.330 e. The molecule has 2 heteroatoms. The molecular weight excluding hydrogens is 272 g/mol. The van der Waals surface area contributed by atoms with E-state index < -0.39 is 5.97 Å². The lowest BCUT2D eigenvalue weighted by Gasteiger charge is -2.03. The lowest BCUT2D eigenvalue weighted by atomic mass is 10.0. The second kappa shape index (κ2) is 16.6. The third-order valence-electron chi connectivity index (χ3n) is 4.38. The van der Waals surface area contributed by atoms with E-state index in [4.69, 9.17) is 5.11 Å². The van der Waals surface area contributed by atoms with E-state index in [-0.39, 0.29) is 0 Å². The molecule has 0 amide bonds. The van der Waals surface area contributed by atoms with Crippen molar-refractivity contribution < 1.29 is 9.90 Å². The first kappa shape index (κ1) is 21.2. The molecule has 0 fully saturated rings. The molecule has 0 spiro atoms. The highest BCUT2D eigenvalue weighted by molar-refractivity contribution is 5.85. The van der Waals surface area contributed by atoms with Crippen LogP contribution in [0.2, 0.25) is 0 Å². The van der Waals surface area contributed by atoms with Crippen LogP contribution in [0.5, 0.6) is 0 Å². The smallest absolute Gasteiger partial charge is 0.330 e. The van der Waals surface area contributed by atoms with Crippen LogP contribution in [-0.4, -0.2) is 11.1 Å². The highest BCUT2D eigenvalue weighted by atomic mass is 16.4. The van der Waals surface area contributed by atoms with Crippen LogP contribution in [0, 0.1) is 0 Å². The maximum atomic E-state index is 10.6. The summed E-state index contributed by atoms with van der Waals surface area (Å²) in [5, 5.41) is 8.70. The molecule has 0 saturated carbocycles. The molecule has 0 aliphatic rings. The van der Waals surface area contributed by atoms with Gasteiger partial charge in [-0.25, -0.2) is 4.79 Å². The predicted molar refractivity (Wildman–Crippen MR) is 96.3 cm³/mol. The Balaban J connectivity index is 3.05. The highest BCUT2D eigenvalue weighted by Crippen LogP contribution is 2.14. The fourth-order valence-corrected chi connectivity index (χ4v) is 2.82. The summed E-state index contributed by atoms with van der Waals surface area (Å²) in [6, 6.07) is 0. The number of rotatable bonds is 17. The molecule has 22 heavy (non-hydrogen) atoms. The van der Waals surface area contributed by atoms with Crippen molar-refractivity contribution >= 4 is 5.97 Å². The first-order valence-corrected chi connectivity index (χ1v) is 9.59. The average Bonchev–Trinajstić information content (AvgIpc) is 2.50. The lowest BCUT2D eigenvalue weighted by Crippen LogP contribution is -1.98. The van der Waals surface area contributed by atoms with Gasteiger partial charge in [-0.3, -0.25) is 0 Å². The van der Waals surface area contributed by atoms with Gasteiger partial charge in [-0.15, -0.1) is 0 Å². The van der Waals surface area contributed by atoms with Gasteiger partial charge in [-0.2, -0.15) is 0 Å². The zero-order valence-corrected chi connectivity index (χ0v) is 14.9. The topological polar surface area (TPSA) is 37.3 Å². The number of carboxylic acids is 1. The minimum atomic E-state index is -0.842. The molecule has 0 aliphatic carbocycles. The van der Waals surface area contributed by atoms with Crippen molar-refractivity contribution in [1.82, 2.24) is 0 Å². The Morgan fingerprint density at radius 2 is 1.00 bits per heavy atom. The van der Waals surface area contributed by atoms with Crippen molar-refractivity contribution in [1.29, 1.82) is 0 Å². The van der Waals surface area contributed by atoms with Gasteiger partial charge in [0, 0.05) is 5.57 Å². The van der Waals surface area contributed by atoms with Crippen molar-refractivity contribution in [3.8, 4) is 0 Å². The predicted octanol–water partition coefficient (Wildman–Crippen LogP) is 6.89. The van der Waals surface area contributed by atoms with Crippen LogP contribution in [0.25, 0.3) is 0 Å². The van der Waals surface area contributed by atoms with Crippen LogP contribution in [0.1, 0.15) is 110 Å². The first-order chi connectivity index (χ1) is 10.7. The van der Waals surface area contributed by atoms with Gasteiger partial charge in [-0.1, -0.05) is 103 Å². The molecule has 0 unspecified atom stereocenters. The Morgan fingerprint density at radius 1 is 0.682 bits per heavy atom. The zero-order chi connectivity index (χ0) is 16.5. The Labute approximate surface area is 138 Å². The summed E-state index contributed by atoms with van der Waals surface area (Å²) < 4.78 is 0. The number of aliphatic carboxylic acids is 1. The standard InChI is InChI=1S/C20H38O2/c1-3-4-5-6-7-8-9-10-11-12-13-14-15-16-17-18-19(2)20(21)22/h2-18H2,1H3,(H,21,22). The highest BCUT2D eigenvalue weighted by Gasteiger charge is 2.02. The molecule has 0 saturated heterocycles. The Hall–Kier alpha value is -0.790. The third-order valence-corrected chi connectivity index (χ3v) is 4.38. The SMILES string of the molecule is C=C(CCCCCCCCCCCCCCCCC)C(=O)O. The van der Waals surface area contributed by atoms with Crippen molar-refractivity contribution in [3.05, 3.63) is 12.2 Å². The molecule has 2 nitrogen and oxygen atoms in total. The van der Waals surface area contributed by atoms with Gasteiger partial charge in [-0.05, 0) is 12.8 Å². The summed E-state index contributed by atoms with van der Waals surface area (Å²) in [4.78, 5) is 10.6. The summed E-state index contributed by atoms with van der Waals surface area (Å²) in [7, 11) is 0. The molecule has 0 aromatic heterocycles. The van der Waals surface area contributed by atoms with E-state index in [1.54, 1.807) is 0 Å². The van der Waals surface area contributed by atoms with Crippen molar-refractivity contribution in [2.75, 3.05) is 0 Å². The maximum absolute atomic E-state index is 10.6. The molecule has 130 valence electrons. The van der Waals surface area contributed by atoms with Crippen LogP contribution in [0.3, 0.4) is 0 Å².